The third-order valence-electron chi connectivity index (χ3n) is 8.38. The zero-order chi connectivity index (χ0) is 25.4. The van der Waals surface area contributed by atoms with Gasteiger partial charge < -0.3 is 10.2 Å². The molecule has 1 aliphatic carbocycles. The highest BCUT2D eigenvalue weighted by Gasteiger charge is 2.39. The fourth-order valence-corrected chi connectivity index (χ4v) is 6.38. The second-order valence-corrected chi connectivity index (χ2v) is 10.8. The summed E-state index contributed by atoms with van der Waals surface area (Å²) in [6, 6.07) is 21.3. The second kappa shape index (κ2) is 10.1. The van der Waals surface area contributed by atoms with Gasteiger partial charge in [0.2, 0.25) is 11.8 Å². The molecule has 1 saturated heterocycles. The Balaban J connectivity index is 1.12. The maximum absolute atomic E-state index is 13.0. The fraction of sp³-hybridized carbons (Fsp3) is 0.387. The van der Waals surface area contributed by atoms with E-state index in [2.05, 4.69) is 65.2 Å². The summed E-state index contributed by atoms with van der Waals surface area (Å²) < 4.78 is 0. The highest BCUT2D eigenvalue weighted by atomic mass is 16.2. The predicted octanol–water partition coefficient (Wildman–Crippen LogP) is 4.49. The molecule has 3 atom stereocenters. The maximum Gasteiger partial charge on any atom is 0.255 e. The van der Waals surface area contributed by atoms with Crippen LogP contribution < -0.4 is 10.6 Å². The van der Waals surface area contributed by atoms with Crippen molar-refractivity contribution in [2.75, 3.05) is 0 Å². The highest BCUT2D eigenvalue weighted by Crippen LogP contribution is 2.32. The van der Waals surface area contributed by atoms with Crippen LogP contribution in [-0.4, -0.2) is 34.7 Å². The summed E-state index contributed by atoms with van der Waals surface area (Å²) in [5, 5.41) is 8.78. The van der Waals surface area contributed by atoms with Gasteiger partial charge in [0.05, 0.1) is 0 Å². The number of nitrogens with zero attached hydrogens (tertiary/aromatic N) is 1. The summed E-state index contributed by atoms with van der Waals surface area (Å²) in [7, 11) is 0. The molecule has 3 aliphatic rings. The molecule has 190 valence electrons. The summed E-state index contributed by atoms with van der Waals surface area (Å²) in [5.41, 5.74) is 4.24. The monoisotopic (exact) mass is 495 g/mol. The number of rotatable bonds is 6. The van der Waals surface area contributed by atoms with E-state index in [1.807, 2.05) is 6.07 Å². The molecule has 2 aliphatic heterocycles. The van der Waals surface area contributed by atoms with Crippen molar-refractivity contribution in [3.63, 3.8) is 0 Å². The summed E-state index contributed by atoms with van der Waals surface area (Å²) in [4.78, 5) is 38.5. The van der Waals surface area contributed by atoms with Crippen LogP contribution in [0.15, 0.2) is 60.7 Å². The van der Waals surface area contributed by atoms with E-state index in [0.717, 1.165) is 18.5 Å². The lowest BCUT2D eigenvalue weighted by Crippen LogP contribution is -2.52. The number of hydrogen-bond donors (Lipinski definition) is 2. The van der Waals surface area contributed by atoms with E-state index < -0.39 is 6.04 Å². The van der Waals surface area contributed by atoms with Gasteiger partial charge in [0.25, 0.3) is 5.91 Å². The molecule has 0 bridgehead atoms. The lowest BCUT2D eigenvalue weighted by molar-refractivity contribution is -0.136. The summed E-state index contributed by atoms with van der Waals surface area (Å²) in [6.07, 6.45) is 6.55. The molecule has 1 unspecified atom stereocenters. The zero-order valence-electron chi connectivity index (χ0n) is 21.0. The smallest absolute Gasteiger partial charge is 0.255 e. The van der Waals surface area contributed by atoms with E-state index in [0.29, 0.717) is 30.5 Å². The molecule has 0 aromatic heterocycles. The number of carbonyl (C=O) groups is 3. The van der Waals surface area contributed by atoms with E-state index >= 15 is 0 Å². The lowest BCUT2D eigenvalue weighted by Gasteiger charge is -2.33. The van der Waals surface area contributed by atoms with E-state index in [-0.39, 0.29) is 24.1 Å². The van der Waals surface area contributed by atoms with Crippen LogP contribution in [0.2, 0.25) is 0 Å². The quantitative estimate of drug-likeness (QED) is 0.494. The average Bonchev–Trinajstić information content (AvgIpc) is 3.23. The van der Waals surface area contributed by atoms with Crippen molar-refractivity contribution in [3.05, 3.63) is 82.9 Å². The van der Waals surface area contributed by atoms with Gasteiger partial charge in [-0.05, 0) is 71.2 Å². The van der Waals surface area contributed by atoms with Crippen molar-refractivity contribution >= 4 is 28.5 Å². The van der Waals surface area contributed by atoms with Gasteiger partial charge in [0.15, 0.2) is 0 Å². The first-order valence-corrected chi connectivity index (χ1v) is 13.5. The molecule has 6 nitrogen and oxygen atoms in total. The Labute approximate surface area is 217 Å². The molecule has 1 saturated carbocycles. The molecule has 3 amide bonds. The molecule has 37 heavy (non-hydrogen) atoms. The number of amides is 3. The molecule has 6 rings (SSSR count). The van der Waals surface area contributed by atoms with Crippen LogP contribution in [0.3, 0.4) is 0 Å². The standard InChI is InChI=1S/C31H33N3O3/c35-29-14-13-28(30(36)33-29)34-19-25-16-20(10-12-26(25)31(34)37)15-24-7-3-4-8-27(24)32-18-21-9-11-22-5-1-2-6-23(22)17-21/h1-2,5-6,9-12,16-17,24,27-28,32H,3-4,7-8,13-15,18-19H2,(H,33,35,36)/t24-,27+,28?/m1/s1. The highest BCUT2D eigenvalue weighted by molar-refractivity contribution is 6.05. The van der Waals surface area contributed by atoms with Gasteiger partial charge in [-0.3, -0.25) is 19.7 Å². The van der Waals surface area contributed by atoms with Crippen molar-refractivity contribution < 1.29 is 14.4 Å². The van der Waals surface area contributed by atoms with Crippen LogP contribution in [0.25, 0.3) is 10.8 Å². The Kier molecular flexibility index (Phi) is 6.51. The average molecular weight is 496 g/mol. The topological polar surface area (TPSA) is 78.5 Å². The van der Waals surface area contributed by atoms with E-state index in [1.165, 1.54) is 47.6 Å². The van der Waals surface area contributed by atoms with E-state index in [4.69, 9.17) is 0 Å². The van der Waals surface area contributed by atoms with Gasteiger partial charge >= 0.3 is 0 Å². The first-order valence-electron chi connectivity index (χ1n) is 13.5. The molecule has 2 N–H and O–H groups in total. The van der Waals surface area contributed by atoms with Crippen LogP contribution in [0, 0.1) is 5.92 Å². The molecule has 6 heteroatoms. The molecule has 3 aromatic rings. The molecule has 0 radical (unpaired) electrons. The van der Waals surface area contributed by atoms with Crippen molar-refractivity contribution in [2.24, 2.45) is 5.92 Å². The van der Waals surface area contributed by atoms with Gasteiger partial charge in [-0.15, -0.1) is 0 Å². The first kappa shape index (κ1) is 23.9. The van der Waals surface area contributed by atoms with Gasteiger partial charge in [-0.1, -0.05) is 61.4 Å². The number of nitrogens with one attached hydrogen (secondary N) is 2. The summed E-state index contributed by atoms with van der Waals surface area (Å²) in [6.45, 7) is 1.30. The van der Waals surface area contributed by atoms with Crippen molar-refractivity contribution in [2.45, 2.75) is 70.1 Å². The Morgan fingerprint density at radius 2 is 1.68 bits per heavy atom. The molecule has 2 fully saturated rings. The van der Waals surface area contributed by atoms with Gasteiger partial charge in [0, 0.05) is 31.1 Å². The number of benzene rings is 3. The van der Waals surface area contributed by atoms with E-state index in [9.17, 15) is 14.4 Å². The number of fused-ring (bicyclic) bond motifs is 2. The molecule has 0 spiro atoms. The summed E-state index contributed by atoms with van der Waals surface area (Å²) >= 11 is 0. The largest absolute Gasteiger partial charge is 0.322 e. The van der Waals surface area contributed by atoms with Crippen molar-refractivity contribution in [1.82, 2.24) is 15.5 Å². The molecular weight excluding hydrogens is 462 g/mol. The molecule has 3 aromatic carbocycles. The van der Waals surface area contributed by atoms with Crippen LogP contribution in [0.1, 0.15) is 65.6 Å². The normalized spacial score (nSPS) is 23.8. The lowest BCUT2D eigenvalue weighted by atomic mass is 9.80. The third-order valence-corrected chi connectivity index (χ3v) is 8.38. The van der Waals surface area contributed by atoms with E-state index in [1.54, 1.807) is 4.90 Å². The Morgan fingerprint density at radius 1 is 0.865 bits per heavy atom. The number of hydrogen-bond acceptors (Lipinski definition) is 4. The predicted molar refractivity (Wildman–Crippen MR) is 143 cm³/mol. The minimum absolute atomic E-state index is 0.108. The number of piperidine rings is 1. The second-order valence-electron chi connectivity index (χ2n) is 10.8. The first-order chi connectivity index (χ1) is 18.0. The zero-order valence-corrected chi connectivity index (χ0v) is 21.0. The van der Waals surface area contributed by atoms with Crippen LogP contribution in [-0.2, 0) is 29.1 Å². The number of imide groups is 1. The van der Waals surface area contributed by atoms with Crippen molar-refractivity contribution in [1.29, 1.82) is 0 Å². The molecule has 2 heterocycles. The molecular formula is C31H33N3O3. The Bertz CT molecular complexity index is 1370. The van der Waals surface area contributed by atoms with Crippen LogP contribution in [0.4, 0.5) is 0 Å². The maximum atomic E-state index is 13.0. The summed E-state index contributed by atoms with van der Waals surface area (Å²) in [5.74, 6) is -0.177. The van der Waals surface area contributed by atoms with Gasteiger partial charge in [0.1, 0.15) is 6.04 Å². The van der Waals surface area contributed by atoms with Crippen LogP contribution >= 0.6 is 0 Å². The van der Waals surface area contributed by atoms with Gasteiger partial charge in [-0.2, -0.15) is 0 Å². The Hall–Kier alpha value is -3.51. The SMILES string of the molecule is O=C1CCC(N2Cc3cc(C[C@H]4CCCC[C@@H]4NCc4ccc5ccccc5c4)ccc3C2=O)C(=O)N1. The van der Waals surface area contributed by atoms with Gasteiger partial charge in [-0.25, -0.2) is 0 Å². The minimum atomic E-state index is -0.567. The Morgan fingerprint density at radius 3 is 2.54 bits per heavy atom. The number of carbonyl (C=O) groups excluding carboxylic acids is 3. The fourth-order valence-electron chi connectivity index (χ4n) is 6.38. The van der Waals surface area contributed by atoms with Crippen molar-refractivity contribution in [3.8, 4) is 0 Å². The third kappa shape index (κ3) is 4.90. The van der Waals surface area contributed by atoms with Crippen LogP contribution in [0.5, 0.6) is 0 Å². The minimum Gasteiger partial charge on any atom is -0.322 e.